The van der Waals surface area contributed by atoms with Gasteiger partial charge in [0, 0.05) is 44.0 Å². The average Bonchev–Trinajstić information content (AvgIpc) is 3.24. The van der Waals surface area contributed by atoms with E-state index >= 15 is 0 Å². The zero-order chi connectivity index (χ0) is 16.1. The Kier molecular flexibility index (Phi) is 5.43. The topological polar surface area (TPSA) is 61.4 Å². The lowest BCUT2D eigenvalue weighted by Gasteiger charge is -2.34. The number of hydrogen-bond acceptors (Lipinski definition) is 5. The van der Waals surface area contributed by atoms with Crippen molar-refractivity contribution in [3.8, 4) is 0 Å². The van der Waals surface area contributed by atoms with E-state index in [1.807, 2.05) is 0 Å². The number of carbonyl (C=O) groups excluding carboxylic acids is 1. The van der Waals surface area contributed by atoms with E-state index in [0.717, 1.165) is 25.9 Å². The van der Waals surface area contributed by atoms with Gasteiger partial charge in [0.25, 0.3) is 0 Å². The van der Waals surface area contributed by atoms with Crippen molar-refractivity contribution in [2.24, 2.45) is 0 Å². The van der Waals surface area contributed by atoms with Gasteiger partial charge in [-0.3, -0.25) is 9.69 Å². The van der Waals surface area contributed by atoms with Crippen molar-refractivity contribution in [1.29, 1.82) is 0 Å². The fourth-order valence-electron chi connectivity index (χ4n) is 4.00. The van der Waals surface area contributed by atoms with Crippen LogP contribution in [0.5, 0.6) is 0 Å². The van der Waals surface area contributed by atoms with E-state index in [1.54, 1.807) is 18.5 Å². The van der Waals surface area contributed by atoms with Crippen LogP contribution in [0, 0.1) is 0 Å². The molecule has 0 unspecified atom stereocenters. The third-order valence-electron chi connectivity index (χ3n) is 5.07. The number of rotatable bonds is 6. The van der Waals surface area contributed by atoms with Crippen molar-refractivity contribution in [2.75, 3.05) is 31.5 Å². The molecule has 1 aromatic rings. The van der Waals surface area contributed by atoms with Gasteiger partial charge >= 0.3 is 0 Å². The summed E-state index contributed by atoms with van der Waals surface area (Å²) in [4.78, 5) is 25.5. The van der Waals surface area contributed by atoms with Crippen LogP contribution in [-0.2, 0) is 4.79 Å². The van der Waals surface area contributed by atoms with Crippen LogP contribution in [0.25, 0.3) is 0 Å². The number of amides is 1. The van der Waals surface area contributed by atoms with E-state index in [0.29, 0.717) is 31.0 Å². The summed E-state index contributed by atoms with van der Waals surface area (Å²) in [5.41, 5.74) is 0. The number of likely N-dealkylation sites (N-methyl/N-ethyl adjacent to an activating group) is 1. The minimum absolute atomic E-state index is 0.263. The number of hydrogen-bond donors (Lipinski definition) is 1. The maximum atomic E-state index is 12.6. The van der Waals surface area contributed by atoms with Crippen LogP contribution in [0.15, 0.2) is 18.5 Å². The molecular formula is C17H27N5O. The van der Waals surface area contributed by atoms with Gasteiger partial charge in [0.1, 0.15) is 0 Å². The largest absolute Gasteiger partial charge is 0.354 e. The Morgan fingerprint density at radius 3 is 2.74 bits per heavy atom. The number of carbonyl (C=O) groups is 1. The molecular weight excluding hydrogens is 290 g/mol. The molecule has 1 N–H and O–H groups in total. The highest BCUT2D eigenvalue weighted by atomic mass is 16.2. The Morgan fingerprint density at radius 2 is 1.96 bits per heavy atom. The molecule has 0 aliphatic carbocycles. The van der Waals surface area contributed by atoms with Gasteiger partial charge in [0.05, 0.1) is 0 Å². The highest BCUT2D eigenvalue weighted by Gasteiger charge is 2.38. The van der Waals surface area contributed by atoms with Gasteiger partial charge in [0.15, 0.2) is 0 Å². The van der Waals surface area contributed by atoms with E-state index < -0.39 is 0 Å². The highest BCUT2D eigenvalue weighted by Crippen LogP contribution is 2.30. The van der Waals surface area contributed by atoms with Crippen LogP contribution in [0.1, 0.15) is 39.0 Å². The first-order valence-corrected chi connectivity index (χ1v) is 8.84. The summed E-state index contributed by atoms with van der Waals surface area (Å²) in [6.07, 6.45) is 8.71. The number of nitrogens with one attached hydrogen (secondary N) is 1. The number of likely N-dealkylation sites (tertiary alicyclic amines) is 2. The van der Waals surface area contributed by atoms with Crippen molar-refractivity contribution in [1.82, 2.24) is 19.8 Å². The third kappa shape index (κ3) is 3.80. The molecule has 2 atom stereocenters. The molecule has 6 heteroatoms. The molecule has 6 nitrogen and oxygen atoms in total. The van der Waals surface area contributed by atoms with Crippen molar-refractivity contribution in [2.45, 2.75) is 51.1 Å². The molecule has 0 radical (unpaired) electrons. The predicted molar refractivity (Wildman–Crippen MR) is 90.1 cm³/mol. The second-order valence-corrected chi connectivity index (χ2v) is 6.38. The molecule has 0 saturated carbocycles. The normalized spacial score (nSPS) is 25.0. The van der Waals surface area contributed by atoms with Gasteiger partial charge in [-0.1, -0.05) is 6.92 Å². The van der Waals surface area contributed by atoms with E-state index in [4.69, 9.17) is 0 Å². The first-order valence-electron chi connectivity index (χ1n) is 8.84. The van der Waals surface area contributed by atoms with Gasteiger partial charge in [-0.15, -0.1) is 0 Å². The molecule has 3 rings (SSSR count). The molecule has 23 heavy (non-hydrogen) atoms. The van der Waals surface area contributed by atoms with Crippen molar-refractivity contribution in [3.63, 3.8) is 0 Å². The summed E-state index contributed by atoms with van der Waals surface area (Å²) in [6, 6.07) is 2.77. The lowest BCUT2D eigenvalue weighted by molar-refractivity contribution is -0.132. The molecule has 1 amide bonds. The second kappa shape index (κ2) is 7.73. The van der Waals surface area contributed by atoms with Crippen molar-refractivity contribution < 1.29 is 4.79 Å². The zero-order valence-corrected chi connectivity index (χ0v) is 13.9. The van der Waals surface area contributed by atoms with Crippen LogP contribution < -0.4 is 5.32 Å². The Balaban J connectivity index is 1.52. The van der Waals surface area contributed by atoms with Crippen LogP contribution in [-0.4, -0.2) is 63.9 Å². The van der Waals surface area contributed by atoms with E-state index in [-0.39, 0.29) is 5.91 Å². The molecule has 3 heterocycles. The Hall–Kier alpha value is -1.69. The van der Waals surface area contributed by atoms with Crippen molar-refractivity contribution >= 4 is 11.9 Å². The summed E-state index contributed by atoms with van der Waals surface area (Å²) in [6.45, 7) is 6.01. The maximum Gasteiger partial charge on any atom is 0.224 e. The molecule has 0 spiro atoms. The lowest BCUT2D eigenvalue weighted by atomic mass is 10.0. The smallest absolute Gasteiger partial charge is 0.224 e. The third-order valence-corrected chi connectivity index (χ3v) is 5.07. The Labute approximate surface area is 138 Å². The van der Waals surface area contributed by atoms with Gasteiger partial charge in [-0.2, -0.15) is 0 Å². The minimum Gasteiger partial charge on any atom is -0.354 e. The first-order chi connectivity index (χ1) is 11.3. The lowest BCUT2D eigenvalue weighted by Crippen LogP contribution is -2.48. The maximum absolute atomic E-state index is 12.6. The Morgan fingerprint density at radius 1 is 1.22 bits per heavy atom. The molecule has 2 fully saturated rings. The highest BCUT2D eigenvalue weighted by molar-refractivity contribution is 5.77. The summed E-state index contributed by atoms with van der Waals surface area (Å²) in [7, 11) is 0. The van der Waals surface area contributed by atoms with Crippen molar-refractivity contribution in [3.05, 3.63) is 18.5 Å². The standard InChI is InChI=1S/C17H27N5O/c1-2-21-12-3-6-14(21)15-7-4-13-22(15)16(23)8-11-20-17-18-9-5-10-19-17/h5,9-10,14-15H,2-4,6-8,11-13H2,1H3,(H,18,19,20)/t14-,15+/m1/s1. The number of nitrogens with zero attached hydrogens (tertiary/aromatic N) is 4. The van der Waals surface area contributed by atoms with E-state index in [2.05, 4.69) is 32.0 Å². The molecule has 2 saturated heterocycles. The molecule has 0 aromatic carbocycles. The average molecular weight is 317 g/mol. The fraction of sp³-hybridized carbons (Fsp3) is 0.706. The summed E-state index contributed by atoms with van der Waals surface area (Å²) < 4.78 is 0. The molecule has 0 bridgehead atoms. The fourth-order valence-corrected chi connectivity index (χ4v) is 4.00. The summed E-state index contributed by atoms with van der Waals surface area (Å²) in [5.74, 6) is 0.852. The minimum atomic E-state index is 0.263. The quantitative estimate of drug-likeness (QED) is 0.866. The zero-order valence-electron chi connectivity index (χ0n) is 13.9. The molecule has 1 aromatic heterocycles. The number of aromatic nitrogens is 2. The van der Waals surface area contributed by atoms with Crippen LogP contribution >= 0.6 is 0 Å². The van der Waals surface area contributed by atoms with Crippen LogP contribution in [0.3, 0.4) is 0 Å². The van der Waals surface area contributed by atoms with Gasteiger partial charge < -0.3 is 10.2 Å². The van der Waals surface area contributed by atoms with Gasteiger partial charge in [-0.05, 0) is 44.8 Å². The van der Waals surface area contributed by atoms with Crippen LogP contribution in [0.4, 0.5) is 5.95 Å². The summed E-state index contributed by atoms with van der Waals surface area (Å²) in [5, 5.41) is 3.12. The number of anilines is 1. The van der Waals surface area contributed by atoms with E-state index in [9.17, 15) is 4.79 Å². The predicted octanol–water partition coefficient (Wildman–Crippen LogP) is 1.75. The van der Waals surface area contributed by atoms with Gasteiger partial charge in [0.2, 0.25) is 11.9 Å². The van der Waals surface area contributed by atoms with Gasteiger partial charge in [-0.25, -0.2) is 9.97 Å². The molecule has 126 valence electrons. The second-order valence-electron chi connectivity index (χ2n) is 6.38. The first kappa shape index (κ1) is 16.2. The van der Waals surface area contributed by atoms with Crippen LogP contribution in [0.2, 0.25) is 0 Å². The van der Waals surface area contributed by atoms with E-state index in [1.165, 1.54) is 19.4 Å². The SMILES string of the molecule is CCN1CCC[C@@H]1[C@@H]1CCCN1C(=O)CCNc1ncccn1. The Bertz CT molecular complexity index is 509. The monoisotopic (exact) mass is 317 g/mol. The molecule has 2 aliphatic rings. The molecule has 2 aliphatic heterocycles. The summed E-state index contributed by atoms with van der Waals surface area (Å²) >= 11 is 0.